The van der Waals surface area contributed by atoms with Crippen molar-refractivity contribution in [3.05, 3.63) is 23.2 Å². The summed E-state index contributed by atoms with van der Waals surface area (Å²) < 4.78 is 0. The maximum absolute atomic E-state index is 6.27. The fourth-order valence-electron chi connectivity index (χ4n) is 3.06. The Morgan fingerprint density at radius 3 is 2.94 bits per heavy atom. The average molecular weight is 252 g/mol. The van der Waals surface area contributed by atoms with E-state index in [9.17, 15) is 0 Å². The van der Waals surface area contributed by atoms with Gasteiger partial charge in [-0.05, 0) is 31.5 Å². The second-order valence-electron chi connectivity index (χ2n) is 4.96. The summed E-state index contributed by atoms with van der Waals surface area (Å²) in [6.07, 6.45) is 2.64. The third-order valence-electron chi connectivity index (χ3n) is 3.92. The predicted molar refractivity (Wildman–Crippen MR) is 72.7 cm³/mol. The van der Waals surface area contributed by atoms with Crippen LogP contribution in [0, 0.1) is 0 Å². The Labute approximate surface area is 107 Å². The van der Waals surface area contributed by atoms with Gasteiger partial charge in [0.25, 0.3) is 0 Å². The lowest BCUT2D eigenvalue weighted by molar-refractivity contribution is 0.231. The van der Waals surface area contributed by atoms with Crippen LogP contribution < -0.4 is 10.6 Å². The smallest absolute Gasteiger partial charge is 0.0790 e. The van der Waals surface area contributed by atoms with Crippen LogP contribution in [-0.4, -0.2) is 37.1 Å². The molecule has 2 aliphatic rings. The number of nitrogens with two attached hydrogens (primary N) is 1. The van der Waals surface area contributed by atoms with E-state index in [0.29, 0.717) is 6.04 Å². The van der Waals surface area contributed by atoms with E-state index in [1.54, 1.807) is 0 Å². The minimum absolute atomic E-state index is 0.694. The van der Waals surface area contributed by atoms with Gasteiger partial charge in [-0.15, -0.1) is 0 Å². The molecule has 2 aliphatic heterocycles. The maximum atomic E-state index is 6.27. The Morgan fingerprint density at radius 1 is 1.24 bits per heavy atom. The summed E-state index contributed by atoms with van der Waals surface area (Å²) >= 11 is 6.27. The molecule has 1 aromatic carbocycles. The van der Waals surface area contributed by atoms with Crippen LogP contribution in [-0.2, 0) is 0 Å². The maximum Gasteiger partial charge on any atom is 0.0790 e. The summed E-state index contributed by atoms with van der Waals surface area (Å²) in [5, 5.41) is 0.774. The molecule has 3 nitrogen and oxygen atoms in total. The summed E-state index contributed by atoms with van der Waals surface area (Å²) in [5.41, 5.74) is 7.87. The SMILES string of the molecule is Nc1cccc(Cl)c1N1CCN2CCCC2C1. The molecule has 17 heavy (non-hydrogen) atoms. The fourth-order valence-corrected chi connectivity index (χ4v) is 3.36. The van der Waals surface area contributed by atoms with E-state index >= 15 is 0 Å². The zero-order valence-electron chi connectivity index (χ0n) is 9.90. The summed E-state index contributed by atoms with van der Waals surface area (Å²) in [7, 11) is 0. The molecule has 0 amide bonds. The number of halogens is 1. The molecule has 2 heterocycles. The number of fused-ring (bicyclic) bond motifs is 1. The van der Waals surface area contributed by atoms with E-state index in [0.717, 1.165) is 36.0 Å². The largest absolute Gasteiger partial charge is 0.397 e. The number of piperazine rings is 1. The van der Waals surface area contributed by atoms with Gasteiger partial charge >= 0.3 is 0 Å². The Hall–Kier alpha value is -0.930. The molecular formula is C13H18ClN3. The second-order valence-corrected chi connectivity index (χ2v) is 5.36. The molecule has 2 N–H and O–H groups in total. The number of para-hydroxylation sites is 1. The average Bonchev–Trinajstić information content (AvgIpc) is 2.76. The molecule has 92 valence electrons. The topological polar surface area (TPSA) is 32.5 Å². The number of benzene rings is 1. The zero-order valence-corrected chi connectivity index (χ0v) is 10.7. The normalized spacial score (nSPS) is 25.0. The molecule has 1 atom stereocenters. The molecule has 0 aromatic heterocycles. The van der Waals surface area contributed by atoms with Crippen LogP contribution in [0.3, 0.4) is 0 Å². The van der Waals surface area contributed by atoms with Crippen LogP contribution in [0.2, 0.25) is 5.02 Å². The molecular weight excluding hydrogens is 234 g/mol. The number of nitrogen functional groups attached to an aromatic ring is 1. The van der Waals surface area contributed by atoms with Crippen molar-refractivity contribution in [3.63, 3.8) is 0 Å². The standard InChI is InChI=1S/C13H18ClN3/c14-11-4-1-5-12(15)13(11)17-8-7-16-6-2-3-10(16)9-17/h1,4-5,10H,2-3,6-9,15H2. The Bertz CT molecular complexity index is 401. The van der Waals surface area contributed by atoms with Crippen molar-refractivity contribution in [3.8, 4) is 0 Å². The highest BCUT2D eigenvalue weighted by Crippen LogP contribution is 2.34. The molecule has 4 heteroatoms. The Kier molecular flexibility index (Phi) is 2.89. The van der Waals surface area contributed by atoms with Gasteiger partial charge < -0.3 is 10.6 Å². The first-order valence-corrected chi connectivity index (χ1v) is 6.66. The van der Waals surface area contributed by atoms with Crippen LogP contribution in [0.25, 0.3) is 0 Å². The zero-order chi connectivity index (χ0) is 11.8. The van der Waals surface area contributed by atoms with E-state index in [1.165, 1.54) is 19.4 Å². The third kappa shape index (κ3) is 1.98. The molecule has 0 saturated carbocycles. The van der Waals surface area contributed by atoms with Gasteiger partial charge in [-0.1, -0.05) is 17.7 Å². The molecule has 0 spiro atoms. The van der Waals surface area contributed by atoms with Gasteiger partial charge in [-0.2, -0.15) is 0 Å². The quantitative estimate of drug-likeness (QED) is 0.777. The van der Waals surface area contributed by atoms with Crippen molar-refractivity contribution in [2.75, 3.05) is 36.8 Å². The third-order valence-corrected chi connectivity index (χ3v) is 4.23. The van der Waals surface area contributed by atoms with E-state index in [4.69, 9.17) is 17.3 Å². The minimum atomic E-state index is 0.694. The molecule has 0 bridgehead atoms. The molecule has 2 saturated heterocycles. The first-order chi connectivity index (χ1) is 8.25. The van der Waals surface area contributed by atoms with Crippen LogP contribution in [0.4, 0.5) is 11.4 Å². The summed E-state index contributed by atoms with van der Waals surface area (Å²) in [5.74, 6) is 0. The number of nitrogens with zero attached hydrogens (tertiary/aromatic N) is 2. The molecule has 1 unspecified atom stereocenters. The lowest BCUT2D eigenvalue weighted by atomic mass is 10.1. The lowest BCUT2D eigenvalue weighted by Crippen LogP contribution is -2.50. The molecule has 0 radical (unpaired) electrons. The van der Waals surface area contributed by atoms with Crippen LogP contribution in [0.15, 0.2) is 18.2 Å². The fraction of sp³-hybridized carbons (Fsp3) is 0.538. The highest BCUT2D eigenvalue weighted by molar-refractivity contribution is 6.34. The van der Waals surface area contributed by atoms with E-state index in [2.05, 4.69) is 9.80 Å². The number of hydrogen-bond acceptors (Lipinski definition) is 3. The first-order valence-electron chi connectivity index (χ1n) is 6.28. The van der Waals surface area contributed by atoms with Crippen LogP contribution in [0.5, 0.6) is 0 Å². The van der Waals surface area contributed by atoms with Gasteiger partial charge in [0, 0.05) is 25.7 Å². The van der Waals surface area contributed by atoms with E-state index < -0.39 is 0 Å². The summed E-state index contributed by atoms with van der Waals surface area (Å²) in [6, 6.07) is 6.46. The van der Waals surface area contributed by atoms with Gasteiger partial charge in [0.05, 0.1) is 16.4 Å². The van der Waals surface area contributed by atoms with Crippen LogP contribution in [0.1, 0.15) is 12.8 Å². The monoisotopic (exact) mass is 251 g/mol. The van der Waals surface area contributed by atoms with Gasteiger partial charge in [0.2, 0.25) is 0 Å². The highest BCUT2D eigenvalue weighted by atomic mass is 35.5. The summed E-state index contributed by atoms with van der Waals surface area (Å²) in [4.78, 5) is 4.94. The van der Waals surface area contributed by atoms with Crippen molar-refractivity contribution >= 4 is 23.0 Å². The van der Waals surface area contributed by atoms with Crippen molar-refractivity contribution in [1.82, 2.24) is 4.90 Å². The highest BCUT2D eigenvalue weighted by Gasteiger charge is 2.31. The summed E-state index contributed by atoms with van der Waals surface area (Å²) in [6.45, 7) is 4.49. The molecule has 3 rings (SSSR count). The van der Waals surface area contributed by atoms with E-state index in [-0.39, 0.29) is 0 Å². The van der Waals surface area contributed by atoms with Gasteiger partial charge in [0.15, 0.2) is 0 Å². The first kappa shape index (κ1) is 11.2. The van der Waals surface area contributed by atoms with Crippen molar-refractivity contribution in [2.24, 2.45) is 0 Å². The Morgan fingerprint density at radius 2 is 2.12 bits per heavy atom. The molecule has 0 aliphatic carbocycles. The molecule has 1 aromatic rings. The minimum Gasteiger partial charge on any atom is -0.397 e. The number of rotatable bonds is 1. The lowest BCUT2D eigenvalue weighted by Gasteiger charge is -2.39. The predicted octanol–water partition coefficient (Wildman–Crippen LogP) is 2.21. The Balaban J connectivity index is 1.85. The van der Waals surface area contributed by atoms with Crippen molar-refractivity contribution in [1.29, 1.82) is 0 Å². The number of anilines is 2. The second kappa shape index (κ2) is 4.39. The van der Waals surface area contributed by atoms with E-state index in [1.807, 2.05) is 18.2 Å². The van der Waals surface area contributed by atoms with Crippen molar-refractivity contribution < 1.29 is 0 Å². The van der Waals surface area contributed by atoms with Gasteiger partial charge in [-0.3, -0.25) is 4.90 Å². The van der Waals surface area contributed by atoms with Crippen molar-refractivity contribution in [2.45, 2.75) is 18.9 Å². The van der Waals surface area contributed by atoms with Gasteiger partial charge in [-0.25, -0.2) is 0 Å². The number of hydrogen-bond donors (Lipinski definition) is 1. The van der Waals surface area contributed by atoms with Gasteiger partial charge in [0.1, 0.15) is 0 Å². The molecule has 2 fully saturated rings. The van der Waals surface area contributed by atoms with Crippen LogP contribution >= 0.6 is 11.6 Å².